The van der Waals surface area contributed by atoms with E-state index in [2.05, 4.69) is 5.32 Å². The number of anilines is 2. The number of benzene rings is 4. The van der Waals surface area contributed by atoms with Crippen molar-refractivity contribution in [1.82, 2.24) is 10.2 Å². The molecule has 228 valence electrons. The number of sulfonamides is 1. The van der Waals surface area contributed by atoms with Crippen LogP contribution in [0, 0.1) is 0 Å². The number of phenols is 2. The third-order valence-corrected chi connectivity index (χ3v) is 9.26. The first-order valence-corrected chi connectivity index (χ1v) is 15.6. The highest BCUT2D eigenvalue weighted by Crippen LogP contribution is 2.37. The second-order valence-corrected chi connectivity index (χ2v) is 12.4. The van der Waals surface area contributed by atoms with Gasteiger partial charge in [-0.25, -0.2) is 12.7 Å². The van der Waals surface area contributed by atoms with Gasteiger partial charge in [0.15, 0.2) is 0 Å². The predicted molar refractivity (Wildman–Crippen MR) is 165 cm³/mol. The maximum absolute atomic E-state index is 13.9. The van der Waals surface area contributed by atoms with Crippen LogP contribution in [0.3, 0.4) is 0 Å². The Morgan fingerprint density at radius 1 is 0.841 bits per heavy atom. The molecule has 2 amide bonds. The highest BCUT2D eigenvalue weighted by atomic mass is 32.2. The molecule has 0 spiro atoms. The summed E-state index contributed by atoms with van der Waals surface area (Å²) in [4.78, 5) is 28.4. The SMILES string of the molecule is O=C(NC(Cc1ccc(O)cc1)C(=O)N1CCC(O)CC1)c1ccc(S(=O)(=O)N(c2ccccc2)c2ccccc2O)cc1. The molecule has 1 atom stereocenters. The van der Waals surface area contributed by atoms with Crippen molar-refractivity contribution < 1.29 is 33.3 Å². The zero-order chi connectivity index (χ0) is 31.3. The van der Waals surface area contributed by atoms with E-state index in [1.54, 1.807) is 59.5 Å². The number of amides is 2. The van der Waals surface area contributed by atoms with Crippen molar-refractivity contribution in [3.8, 4) is 11.5 Å². The minimum Gasteiger partial charge on any atom is -0.508 e. The standard InChI is InChI=1S/C33H33N3O7S/c37-26-14-10-23(11-15-26)22-29(33(41)35-20-18-27(38)19-21-35)34-32(40)24-12-16-28(17-13-24)44(42,43)36(25-6-2-1-3-7-25)30-8-4-5-9-31(30)39/h1-17,27,29,37-39H,18-22H2,(H,34,40). The molecule has 4 N–H and O–H groups in total. The smallest absolute Gasteiger partial charge is 0.268 e. The van der Waals surface area contributed by atoms with Gasteiger partial charge in [0, 0.05) is 25.1 Å². The van der Waals surface area contributed by atoms with Crippen LogP contribution in [0.25, 0.3) is 0 Å². The van der Waals surface area contributed by atoms with Crippen LogP contribution in [-0.4, -0.2) is 65.7 Å². The van der Waals surface area contributed by atoms with Gasteiger partial charge in [0.25, 0.3) is 15.9 Å². The molecule has 0 bridgehead atoms. The number of aliphatic hydroxyl groups is 1. The molecule has 4 aromatic rings. The van der Waals surface area contributed by atoms with Crippen LogP contribution in [0.4, 0.5) is 11.4 Å². The minimum atomic E-state index is -4.23. The number of likely N-dealkylation sites (tertiary alicyclic amines) is 1. The molecule has 1 fully saturated rings. The number of piperidine rings is 1. The maximum atomic E-state index is 13.9. The van der Waals surface area contributed by atoms with E-state index in [9.17, 15) is 33.3 Å². The van der Waals surface area contributed by atoms with E-state index in [4.69, 9.17) is 0 Å². The van der Waals surface area contributed by atoms with E-state index < -0.39 is 28.1 Å². The summed E-state index contributed by atoms with van der Waals surface area (Å²) in [6, 6.07) is 25.2. The summed E-state index contributed by atoms with van der Waals surface area (Å²) < 4.78 is 28.8. The zero-order valence-corrected chi connectivity index (χ0v) is 24.6. The fraction of sp³-hybridized carbons (Fsp3) is 0.212. The van der Waals surface area contributed by atoms with Crippen LogP contribution in [0.2, 0.25) is 0 Å². The number of carbonyl (C=O) groups excluding carboxylic acids is 2. The topological polar surface area (TPSA) is 147 Å². The molecule has 0 saturated carbocycles. The fourth-order valence-electron chi connectivity index (χ4n) is 5.11. The minimum absolute atomic E-state index is 0.0707. The summed E-state index contributed by atoms with van der Waals surface area (Å²) >= 11 is 0. The molecule has 1 aliphatic heterocycles. The molecule has 0 radical (unpaired) electrons. The van der Waals surface area contributed by atoms with Crippen molar-refractivity contribution >= 4 is 33.2 Å². The Morgan fingerprint density at radius 3 is 2.09 bits per heavy atom. The lowest BCUT2D eigenvalue weighted by Crippen LogP contribution is -2.52. The van der Waals surface area contributed by atoms with Crippen molar-refractivity contribution in [3.05, 3.63) is 114 Å². The van der Waals surface area contributed by atoms with Gasteiger partial charge >= 0.3 is 0 Å². The fourth-order valence-corrected chi connectivity index (χ4v) is 6.61. The molecule has 0 aromatic heterocycles. The van der Waals surface area contributed by atoms with Gasteiger partial charge in [-0.05, 0) is 79.1 Å². The van der Waals surface area contributed by atoms with Gasteiger partial charge in [0.05, 0.1) is 22.4 Å². The molecule has 0 aliphatic carbocycles. The number of rotatable bonds is 9. The zero-order valence-electron chi connectivity index (χ0n) is 23.8. The first-order valence-electron chi connectivity index (χ1n) is 14.2. The number of hydrogen-bond acceptors (Lipinski definition) is 7. The van der Waals surface area contributed by atoms with Crippen molar-refractivity contribution in [1.29, 1.82) is 0 Å². The molecular weight excluding hydrogens is 582 g/mol. The number of para-hydroxylation sites is 3. The van der Waals surface area contributed by atoms with Gasteiger partial charge in [0.2, 0.25) is 5.91 Å². The summed E-state index contributed by atoms with van der Waals surface area (Å²) in [6.45, 7) is 0.729. The maximum Gasteiger partial charge on any atom is 0.268 e. The van der Waals surface area contributed by atoms with Gasteiger partial charge in [-0.1, -0.05) is 42.5 Å². The van der Waals surface area contributed by atoms with Gasteiger partial charge in [0.1, 0.15) is 17.5 Å². The molecule has 1 unspecified atom stereocenters. The Balaban J connectivity index is 1.39. The monoisotopic (exact) mass is 615 g/mol. The largest absolute Gasteiger partial charge is 0.508 e. The predicted octanol–water partition coefficient (Wildman–Crippen LogP) is 3.95. The Morgan fingerprint density at radius 2 is 1.45 bits per heavy atom. The molecule has 44 heavy (non-hydrogen) atoms. The molecule has 1 aliphatic rings. The van der Waals surface area contributed by atoms with Crippen LogP contribution >= 0.6 is 0 Å². The lowest BCUT2D eigenvalue weighted by Gasteiger charge is -2.32. The van der Waals surface area contributed by atoms with E-state index in [1.165, 1.54) is 48.5 Å². The van der Waals surface area contributed by atoms with Crippen molar-refractivity contribution in [2.75, 3.05) is 17.4 Å². The molecule has 4 aromatic carbocycles. The van der Waals surface area contributed by atoms with Crippen LogP contribution in [0.5, 0.6) is 11.5 Å². The lowest BCUT2D eigenvalue weighted by atomic mass is 10.0. The van der Waals surface area contributed by atoms with Crippen LogP contribution < -0.4 is 9.62 Å². The molecule has 11 heteroatoms. The third kappa shape index (κ3) is 6.85. The van der Waals surface area contributed by atoms with Gasteiger partial charge < -0.3 is 25.5 Å². The first-order chi connectivity index (χ1) is 21.1. The Kier molecular flexibility index (Phi) is 9.17. The normalized spacial score (nSPS) is 14.5. The first kappa shape index (κ1) is 30.6. The average molecular weight is 616 g/mol. The molecule has 10 nitrogen and oxygen atoms in total. The van der Waals surface area contributed by atoms with Crippen molar-refractivity contribution in [3.63, 3.8) is 0 Å². The van der Waals surface area contributed by atoms with Crippen molar-refractivity contribution in [2.45, 2.75) is 36.3 Å². The van der Waals surface area contributed by atoms with Crippen molar-refractivity contribution in [2.24, 2.45) is 0 Å². The average Bonchev–Trinajstić information content (AvgIpc) is 3.03. The summed E-state index contributed by atoms with van der Waals surface area (Å²) in [5.74, 6) is -1.00. The molecule has 1 heterocycles. The van der Waals surface area contributed by atoms with Crippen LogP contribution in [-0.2, 0) is 21.2 Å². The Bertz CT molecular complexity index is 1700. The van der Waals surface area contributed by atoms with Gasteiger partial charge in [-0.15, -0.1) is 0 Å². The van der Waals surface area contributed by atoms with E-state index in [-0.39, 0.29) is 40.0 Å². The summed E-state index contributed by atoms with van der Waals surface area (Å²) in [7, 11) is -4.23. The van der Waals surface area contributed by atoms with E-state index in [1.807, 2.05) is 0 Å². The number of hydrogen-bond donors (Lipinski definition) is 4. The summed E-state index contributed by atoms with van der Waals surface area (Å²) in [5, 5.41) is 32.8. The summed E-state index contributed by atoms with van der Waals surface area (Å²) in [6.07, 6.45) is 0.593. The second-order valence-electron chi connectivity index (χ2n) is 10.6. The highest BCUT2D eigenvalue weighted by molar-refractivity contribution is 7.93. The van der Waals surface area contributed by atoms with E-state index >= 15 is 0 Å². The lowest BCUT2D eigenvalue weighted by molar-refractivity contribution is -0.135. The molecule has 1 saturated heterocycles. The van der Waals surface area contributed by atoms with Gasteiger partial charge in [-0.3, -0.25) is 9.59 Å². The quantitative estimate of drug-likeness (QED) is 0.223. The Labute approximate surface area is 255 Å². The number of phenolic OH excluding ortho intramolecular Hbond substituents is 2. The summed E-state index contributed by atoms with van der Waals surface area (Å²) in [5.41, 5.74) is 1.26. The third-order valence-electron chi connectivity index (χ3n) is 7.50. The molecule has 5 rings (SSSR count). The molecular formula is C33H33N3O7S. The van der Waals surface area contributed by atoms with E-state index in [0.29, 0.717) is 31.6 Å². The van der Waals surface area contributed by atoms with Crippen LogP contribution in [0.15, 0.2) is 108 Å². The number of aromatic hydroxyl groups is 2. The number of nitrogens with one attached hydrogen (secondary N) is 1. The van der Waals surface area contributed by atoms with Gasteiger partial charge in [-0.2, -0.15) is 0 Å². The Hall–Kier alpha value is -4.87. The number of nitrogens with zero attached hydrogens (tertiary/aromatic N) is 2. The second kappa shape index (κ2) is 13.2. The number of aliphatic hydroxyl groups excluding tert-OH is 1. The van der Waals surface area contributed by atoms with E-state index in [0.717, 1.165) is 9.87 Å². The highest BCUT2D eigenvalue weighted by Gasteiger charge is 2.31. The van der Waals surface area contributed by atoms with Crippen LogP contribution in [0.1, 0.15) is 28.8 Å². The number of carbonyl (C=O) groups is 2.